The van der Waals surface area contributed by atoms with Gasteiger partial charge < -0.3 is 16.4 Å². The maximum Gasteiger partial charge on any atom is 0.238 e. The van der Waals surface area contributed by atoms with Crippen LogP contribution in [0, 0.1) is 0 Å². The number of piperazine rings is 1. The number of carbonyl (C=O) groups is 2. The van der Waals surface area contributed by atoms with Gasteiger partial charge in [0.1, 0.15) is 0 Å². The first-order valence-electron chi connectivity index (χ1n) is 6.46. The summed E-state index contributed by atoms with van der Waals surface area (Å²) in [6, 6.07) is 4.57. The van der Waals surface area contributed by atoms with Gasteiger partial charge in [-0.25, -0.2) is 0 Å². The zero-order valence-electron chi connectivity index (χ0n) is 11.2. The van der Waals surface area contributed by atoms with Gasteiger partial charge in [0.25, 0.3) is 0 Å². The molecule has 114 valence electrons. The zero-order chi connectivity index (χ0) is 15.4. The highest BCUT2D eigenvalue weighted by molar-refractivity contribution is 6.39. The van der Waals surface area contributed by atoms with Crippen molar-refractivity contribution in [2.75, 3.05) is 31.5 Å². The summed E-state index contributed by atoms with van der Waals surface area (Å²) in [5, 5.41) is 6.45. The fourth-order valence-corrected chi connectivity index (χ4v) is 2.64. The van der Waals surface area contributed by atoms with Gasteiger partial charge in [0, 0.05) is 19.6 Å². The van der Waals surface area contributed by atoms with E-state index < -0.39 is 11.9 Å². The molecule has 1 heterocycles. The van der Waals surface area contributed by atoms with Crippen molar-refractivity contribution in [1.29, 1.82) is 0 Å². The molecule has 0 spiro atoms. The van der Waals surface area contributed by atoms with Gasteiger partial charge in [0.05, 0.1) is 28.3 Å². The third-order valence-electron chi connectivity index (χ3n) is 3.20. The van der Waals surface area contributed by atoms with E-state index in [0.717, 1.165) is 0 Å². The van der Waals surface area contributed by atoms with E-state index in [-0.39, 0.29) is 12.5 Å². The van der Waals surface area contributed by atoms with Crippen LogP contribution < -0.4 is 16.4 Å². The Morgan fingerprint density at radius 2 is 2.05 bits per heavy atom. The summed E-state index contributed by atoms with van der Waals surface area (Å²) in [6.07, 6.45) is 0. The highest BCUT2D eigenvalue weighted by atomic mass is 35.5. The van der Waals surface area contributed by atoms with Crippen LogP contribution in [0.4, 0.5) is 5.69 Å². The van der Waals surface area contributed by atoms with Crippen LogP contribution in [0.3, 0.4) is 0 Å². The van der Waals surface area contributed by atoms with Gasteiger partial charge in [-0.1, -0.05) is 29.3 Å². The zero-order valence-corrected chi connectivity index (χ0v) is 12.7. The second-order valence-electron chi connectivity index (χ2n) is 4.79. The highest BCUT2D eigenvalue weighted by Gasteiger charge is 2.24. The quantitative estimate of drug-likeness (QED) is 0.758. The van der Waals surface area contributed by atoms with Gasteiger partial charge >= 0.3 is 0 Å². The Morgan fingerprint density at radius 3 is 2.67 bits per heavy atom. The number of primary amides is 1. The number of halogens is 2. The van der Waals surface area contributed by atoms with Crippen molar-refractivity contribution in [1.82, 2.24) is 10.2 Å². The van der Waals surface area contributed by atoms with E-state index in [2.05, 4.69) is 10.6 Å². The first-order chi connectivity index (χ1) is 9.97. The molecule has 2 rings (SSSR count). The summed E-state index contributed by atoms with van der Waals surface area (Å²) >= 11 is 12.0. The largest absolute Gasteiger partial charge is 0.368 e. The second kappa shape index (κ2) is 7.09. The molecule has 1 aliphatic rings. The first kappa shape index (κ1) is 16.0. The molecule has 1 fully saturated rings. The highest BCUT2D eigenvalue weighted by Crippen LogP contribution is 2.29. The molecule has 1 atom stereocenters. The molecule has 4 N–H and O–H groups in total. The van der Waals surface area contributed by atoms with Crippen molar-refractivity contribution in [2.24, 2.45) is 5.73 Å². The van der Waals surface area contributed by atoms with Crippen molar-refractivity contribution in [3.63, 3.8) is 0 Å². The summed E-state index contributed by atoms with van der Waals surface area (Å²) in [7, 11) is 0. The van der Waals surface area contributed by atoms with Crippen molar-refractivity contribution >= 4 is 40.7 Å². The van der Waals surface area contributed by atoms with Crippen LogP contribution in [0.15, 0.2) is 18.2 Å². The van der Waals surface area contributed by atoms with E-state index in [0.29, 0.717) is 35.4 Å². The van der Waals surface area contributed by atoms with Crippen LogP contribution in [0.5, 0.6) is 0 Å². The van der Waals surface area contributed by atoms with E-state index in [9.17, 15) is 9.59 Å². The van der Waals surface area contributed by atoms with Crippen molar-refractivity contribution in [3.8, 4) is 0 Å². The average Bonchev–Trinajstić information content (AvgIpc) is 2.43. The standard InChI is InChI=1S/C13H16Cl2N4O2/c14-8-2-1-3-9(15)12(8)18-11(20)7-19-5-4-17-10(6-19)13(16)21/h1-3,10,17H,4-7H2,(H2,16,21)(H,18,20). The number of hydrogen-bond acceptors (Lipinski definition) is 4. The molecule has 1 saturated heterocycles. The van der Waals surface area contributed by atoms with E-state index in [1.54, 1.807) is 18.2 Å². The summed E-state index contributed by atoms with van der Waals surface area (Å²) in [5.41, 5.74) is 5.66. The van der Waals surface area contributed by atoms with Gasteiger partial charge in [0.2, 0.25) is 11.8 Å². The Balaban J connectivity index is 1.94. The van der Waals surface area contributed by atoms with Gasteiger partial charge in [0.15, 0.2) is 0 Å². The van der Waals surface area contributed by atoms with E-state index >= 15 is 0 Å². The first-order valence-corrected chi connectivity index (χ1v) is 7.22. The molecule has 2 amide bonds. The topological polar surface area (TPSA) is 87.5 Å². The minimum absolute atomic E-state index is 0.146. The molecule has 0 bridgehead atoms. The number of carbonyl (C=O) groups excluding carboxylic acids is 2. The lowest BCUT2D eigenvalue weighted by Crippen LogP contribution is -2.57. The summed E-state index contributed by atoms with van der Waals surface area (Å²) in [5.74, 6) is -0.663. The van der Waals surface area contributed by atoms with Crippen molar-refractivity contribution in [3.05, 3.63) is 28.2 Å². The van der Waals surface area contributed by atoms with Crippen LogP contribution >= 0.6 is 23.2 Å². The van der Waals surface area contributed by atoms with Gasteiger partial charge in [-0.2, -0.15) is 0 Å². The van der Waals surface area contributed by atoms with E-state index in [4.69, 9.17) is 28.9 Å². The number of nitrogens with one attached hydrogen (secondary N) is 2. The third kappa shape index (κ3) is 4.31. The van der Waals surface area contributed by atoms with E-state index in [1.165, 1.54) is 0 Å². The van der Waals surface area contributed by atoms with Crippen molar-refractivity contribution < 1.29 is 9.59 Å². The van der Waals surface area contributed by atoms with Gasteiger partial charge in [-0.15, -0.1) is 0 Å². The monoisotopic (exact) mass is 330 g/mol. The SMILES string of the molecule is NC(=O)C1CN(CC(=O)Nc2c(Cl)cccc2Cl)CCN1. The molecule has 1 unspecified atom stereocenters. The van der Waals surface area contributed by atoms with E-state index in [1.807, 2.05) is 4.90 Å². The number of hydrogen-bond donors (Lipinski definition) is 3. The van der Waals surface area contributed by atoms with Crippen LogP contribution in [-0.4, -0.2) is 48.9 Å². The fraction of sp³-hybridized carbons (Fsp3) is 0.385. The summed E-state index contributed by atoms with van der Waals surface area (Å²) < 4.78 is 0. The fourth-order valence-electron chi connectivity index (χ4n) is 2.14. The molecular weight excluding hydrogens is 315 g/mol. The predicted octanol–water partition coefficient (Wildman–Crippen LogP) is 0.691. The predicted molar refractivity (Wildman–Crippen MR) is 82.5 cm³/mol. The molecule has 0 radical (unpaired) electrons. The number of nitrogens with two attached hydrogens (primary N) is 1. The minimum Gasteiger partial charge on any atom is -0.368 e. The Bertz CT molecular complexity index is 533. The molecule has 0 aromatic heterocycles. The van der Waals surface area contributed by atoms with Crippen LogP contribution in [0.1, 0.15) is 0 Å². The van der Waals surface area contributed by atoms with Crippen LogP contribution in [0.25, 0.3) is 0 Å². The number of anilines is 1. The van der Waals surface area contributed by atoms with Gasteiger partial charge in [-0.3, -0.25) is 14.5 Å². The molecule has 1 aromatic rings. The second-order valence-corrected chi connectivity index (χ2v) is 5.60. The normalized spacial score (nSPS) is 19.2. The molecule has 0 aliphatic carbocycles. The lowest BCUT2D eigenvalue weighted by molar-refractivity contribution is -0.123. The van der Waals surface area contributed by atoms with Gasteiger partial charge in [-0.05, 0) is 12.1 Å². The minimum atomic E-state index is -0.435. The number of para-hydroxylation sites is 1. The Morgan fingerprint density at radius 1 is 1.38 bits per heavy atom. The smallest absolute Gasteiger partial charge is 0.238 e. The van der Waals surface area contributed by atoms with Crippen LogP contribution in [0.2, 0.25) is 10.0 Å². The lowest BCUT2D eigenvalue weighted by atomic mass is 10.2. The third-order valence-corrected chi connectivity index (χ3v) is 3.83. The molecule has 8 heteroatoms. The average molecular weight is 331 g/mol. The maximum absolute atomic E-state index is 12.1. The molecule has 0 saturated carbocycles. The Labute approximate surface area is 132 Å². The molecule has 1 aromatic carbocycles. The number of amides is 2. The maximum atomic E-state index is 12.1. The number of rotatable bonds is 4. The number of nitrogens with zero attached hydrogens (tertiary/aromatic N) is 1. The van der Waals surface area contributed by atoms with Crippen LogP contribution in [-0.2, 0) is 9.59 Å². The molecule has 6 nitrogen and oxygen atoms in total. The molecule has 21 heavy (non-hydrogen) atoms. The Hall–Kier alpha value is -1.34. The Kier molecular flexibility index (Phi) is 5.41. The molecular formula is C13H16Cl2N4O2. The molecule has 1 aliphatic heterocycles. The number of benzene rings is 1. The summed E-state index contributed by atoms with van der Waals surface area (Å²) in [4.78, 5) is 25.1. The lowest BCUT2D eigenvalue weighted by Gasteiger charge is -2.31. The summed E-state index contributed by atoms with van der Waals surface area (Å²) in [6.45, 7) is 1.81. The van der Waals surface area contributed by atoms with Crippen molar-refractivity contribution in [2.45, 2.75) is 6.04 Å².